The molecule has 0 bridgehead atoms. The van der Waals surface area contributed by atoms with Crippen LogP contribution in [0.1, 0.15) is 43.4 Å². The second-order valence-electron chi connectivity index (χ2n) is 10.6. The van der Waals surface area contributed by atoms with E-state index in [0.717, 1.165) is 49.7 Å². The maximum Gasteiger partial charge on any atom is 0.0763 e. The molecular formula is C27H37ClN2O2S. The third-order valence-corrected chi connectivity index (χ3v) is 9.22. The van der Waals surface area contributed by atoms with Gasteiger partial charge >= 0.3 is 0 Å². The Bertz CT molecular complexity index is 1120. The van der Waals surface area contributed by atoms with Gasteiger partial charge in [-0.2, -0.15) is 0 Å². The van der Waals surface area contributed by atoms with Crippen LogP contribution in [0.5, 0.6) is 0 Å². The fourth-order valence-electron chi connectivity index (χ4n) is 5.12. The predicted octanol–water partition coefficient (Wildman–Crippen LogP) is 5.55. The second kappa shape index (κ2) is 9.26. The van der Waals surface area contributed by atoms with Crippen molar-refractivity contribution in [2.75, 3.05) is 43.7 Å². The fraction of sp³-hybridized carbons (Fsp3) is 0.519. The van der Waals surface area contributed by atoms with Crippen LogP contribution < -0.4 is 4.31 Å². The van der Waals surface area contributed by atoms with Gasteiger partial charge in [0, 0.05) is 36.6 Å². The summed E-state index contributed by atoms with van der Waals surface area (Å²) in [6, 6.07) is 12.1. The highest BCUT2D eigenvalue weighted by molar-refractivity contribution is 8.01. The van der Waals surface area contributed by atoms with Gasteiger partial charge in [0.15, 0.2) is 0 Å². The summed E-state index contributed by atoms with van der Waals surface area (Å²) in [5, 5.41) is 0.670. The molecule has 0 N–H and O–H groups in total. The van der Waals surface area contributed by atoms with Gasteiger partial charge in [-0.1, -0.05) is 56.1 Å². The molecule has 0 aliphatic carbocycles. The first kappa shape index (κ1) is 24.6. The van der Waals surface area contributed by atoms with E-state index in [2.05, 4.69) is 63.6 Å². The average Bonchev–Trinajstić information content (AvgIpc) is 2.67. The van der Waals surface area contributed by atoms with Crippen molar-refractivity contribution in [3.63, 3.8) is 0 Å². The molecule has 2 aliphatic rings. The Morgan fingerprint density at radius 3 is 2.39 bits per heavy atom. The number of ether oxygens (including phenoxy) is 1. The molecule has 0 saturated carbocycles. The van der Waals surface area contributed by atoms with Gasteiger partial charge in [-0.05, 0) is 60.9 Å². The van der Waals surface area contributed by atoms with Crippen molar-refractivity contribution in [2.45, 2.75) is 45.4 Å². The van der Waals surface area contributed by atoms with E-state index in [1.54, 1.807) is 0 Å². The summed E-state index contributed by atoms with van der Waals surface area (Å²) in [5.41, 5.74) is 4.78. The number of nitrogens with zero attached hydrogens (tertiary/aromatic N) is 2. The second-order valence-corrected chi connectivity index (χ2v) is 13.2. The molecule has 0 radical (unpaired) electrons. The number of likely N-dealkylation sites (tertiary alicyclic amines) is 1. The van der Waals surface area contributed by atoms with E-state index in [1.807, 2.05) is 22.5 Å². The van der Waals surface area contributed by atoms with E-state index in [0.29, 0.717) is 33.7 Å². The minimum absolute atomic E-state index is 0.303. The third kappa shape index (κ3) is 4.97. The van der Waals surface area contributed by atoms with Crippen molar-refractivity contribution < 1.29 is 8.95 Å². The van der Waals surface area contributed by atoms with E-state index in [1.165, 1.54) is 5.56 Å². The molecule has 2 atom stereocenters. The Kier molecular flexibility index (Phi) is 6.90. The Hall–Kier alpha value is -1.53. The number of benzene rings is 2. The normalized spacial score (nSPS) is 20.2. The third-order valence-electron chi connectivity index (χ3n) is 6.85. The molecule has 0 amide bonds. The van der Waals surface area contributed by atoms with E-state index < -0.39 is 9.71 Å². The standard InChI is InChI=1S/C27H37ClN2O2S/c1-19(2)13-30(26-10-7-20(3)11-21(26)4)33(6,31)23-8-9-24(25(28)12-23)22(5)14-29-15-27(16-29)17-32-18-27/h7-12,19,22H,6,13-18H2,1-5H3. The van der Waals surface area contributed by atoms with Gasteiger partial charge in [-0.15, -0.1) is 0 Å². The molecule has 1 spiro atoms. The lowest BCUT2D eigenvalue weighted by atomic mass is 9.77. The summed E-state index contributed by atoms with van der Waals surface area (Å²) in [4.78, 5) is 3.16. The van der Waals surface area contributed by atoms with Crippen molar-refractivity contribution in [1.82, 2.24) is 4.90 Å². The van der Waals surface area contributed by atoms with E-state index >= 15 is 0 Å². The Morgan fingerprint density at radius 2 is 1.85 bits per heavy atom. The lowest BCUT2D eigenvalue weighted by Gasteiger charge is -2.55. The van der Waals surface area contributed by atoms with Crippen LogP contribution in [0.25, 0.3) is 0 Å². The minimum atomic E-state index is -2.75. The smallest absolute Gasteiger partial charge is 0.0763 e. The van der Waals surface area contributed by atoms with E-state index in [4.69, 9.17) is 16.3 Å². The first-order chi connectivity index (χ1) is 15.5. The Balaban J connectivity index is 1.56. The van der Waals surface area contributed by atoms with Crippen LogP contribution in [0.15, 0.2) is 41.3 Å². The zero-order valence-corrected chi connectivity index (χ0v) is 22.1. The number of anilines is 1. The van der Waals surface area contributed by atoms with Gasteiger partial charge in [-0.25, -0.2) is 4.21 Å². The first-order valence-electron chi connectivity index (χ1n) is 11.8. The minimum Gasteiger partial charge on any atom is -0.380 e. The van der Waals surface area contributed by atoms with Crippen molar-refractivity contribution in [3.05, 3.63) is 58.1 Å². The molecule has 33 heavy (non-hydrogen) atoms. The molecule has 0 aromatic heterocycles. The molecule has 180 valence electrons. The molecule has 6 heteroatoms. The monoisotopic (exact) mass is 488 g/mol. The number of rotatable bonds is 8. The summed E-state index contributed by atoms with van der Waals surface area (Å²) in [6.45, 7) is 16.3. The van der Waals surface area contributed by atoms with Crippen LogP contribution in [0.4, 0.5) is 5.69 Å². The topological polar surface area (TPSA) is 32.8 Å². The number of aryl methyl sites for hydroxylation is 2. The van der Waals surface area contributed by atoms with Gasteiger partial charge in [0.2, 0.25) is 0 Å². The van der Waals surface area contributed by atoms with Crippen molar-refractivity contribution in [1.29, 1.82) is 0 Å². The fourth-order valence-corrected chi connectivity index (χ4v) is 7.45. The highest BCUT2D eigenvalue weighted by Crippen LogP contribution is 2.39. The lowest BCUT2D eigenvalue weighted by molar-refractivity contribution is -0.189. The number of hydrogen-bond acceptors (Lipinski definition) is 3. The molecule has 2 saturated heterocycles. The SMILES string of the molecule is C=S(=O)(c1ccc(C(C)CN2CC3(COC3)C2)c(Cl)c1)N(CC(C)C)c1ccc(C)cc1C. The molecule has 2 fully saturated rings. The molecule has 4 nitrogen and oxygen atoms in total. The van der Waals surface area contributed by atoms with Gasteiger partial charge in [0.05, 0.1) is 33.5 Å². The zero-order valence-electron chi connectivity index (χ0n) is 20.6. The predicted molar refractivity (Wildman–Crippen MR) is 141 cm³/mol. The molecule has 2 unspecified atom stereocenters. The number of halogens is 1. The summed E-state index contributed by atoms with van der Waals surface area (Å²) in [6.07, 6.45) is 0. The molecule has 2 aromatic carbocycles. The Labute approximate surface area is 205 Å². The highest BCUT2D eigenvalue weighted by Gasteiger charge is 2.48. The van der Waals surface area contributed by atoms with Crippen LogP contribution in [0.3, 0.4) is 0 Å². The maximum absolute atomic E-state index is 14.2. The lowest BCUT2D eigenvalue weighted by Crippen LogP contribution is -2.66. The van der Waals surface area contributed by atoms with Gasteiger partial charge in [0.1, 0.15) is 0 Å². The van der Waals surface area contributed by atoms with Crippen LogP contribution in [-0.2, 0) is 14.4 Å². The van der Waals surface area contributed by atoms with Gasteiger partial charge in [-0.3, -0.25) is 4.31 Å². The van der Waals surface area contributed by atoms with Crippen LogP contribution in [0, 0.1) is 25.2 Å². The molecule has 2 aromatic rings. The van der Waals surface area contributed by atoms with E-state index in [-0.39, 0.29) is 0 Å². The Morgan fingerprint density at radius 1 is 1.15 bits per heavy atom. The number of hydrogen-bond donors (Lipinski definition) is 0. The molecule has 2 aliphatic heterocycles. The van der Waals surface area contributed by atoms with Crippen molar-refractivity contribution in [2.24, 2.45) is 11.3 Å². The largest absolute Gasteiger partial charge is 0.380 e. The van der Waals surface area contributed by atoms with Crippen molar-refractivity contribution >= 4 is 32.9 Å². The molecular weight excluding hydrogens is 452 g/mol. The molecule has 2 heterocycles. The quantitative estimate of drug-likeness (QED) is 0.457. The van der Waals surface area contributed by atoms with E-state index in [9.17, 15) is 4.21 Å². The maximum atomic E-state index is 14.2. The zero-order chi connectivity index (χ0) is 24.0. The van der Waals surface area contributed by atoms with Gasteiger partial charge in [0.25, 0.3) is 0 Å². The highest BCUT2D eigenvalue weighted by atomic mass is 35.5. The summed E-state index contributed by atoms with van der Waals surface area (Å²) in [5.74, 6) is 4.87. The van der Waals surface area contributed by atoms with Crippen LogP contribution in [0.2, 0.25) is 5.02 Å². The van der Waals surface area contributed by atoms with Crippen LogP contribution in [-0.4, -0.2) is 54.4 Å². The average molecular weight is 489 g/mol. The summed E-state index contributed by atoms with van der Waals surface area (Å²) < 4.78 is 21.5. The summed E-state index contributed by atoms with van der Waals surface area (Å²) >= 11 is 6.77. The molecule has 4 rings (SSSR count). The van der Waals surface area contributed by atoms with Gasteiger partial charge < -0.3 is 9.64 Å². The van der Waals surface area contributed by atoms with Crippen LogP contribution >= 0.6 is 11.6 Å². The summed E-state index contributed by atoms with van der Waals surface area (Å²) in [7, 11) is -2.75. The van der Waals surface area contributed by atoms with Crippen molar-refractivity contribution in [3.8, 4) is 0 Å². The first-order valence-corrected chi connectivity index (χ1v) is 13.9.